The molecule has 2 aliphatic rings. The first kappa shape index (κ1) is 36.2. The van der Waals surface area contributed by atoms with Gasteiger partial charge >= 0.3 is 0 Å². The van der Waals surface area contributed by atoms with Gasteiger partial charge in [-0.05, 0) is 32.7 Å². The van der Waals surface area contributed by atoms with Crippen molar-refractivity contribution in [2.45, 2.75) is 38.3 Å². The van der Waals surface area contributed by atoms with Crippen LogP contribution >= 0.6 is 0 Å². The van der Waals surface area contributed by atoms with Crippen LogP contribution in [0.3, 0.4) is 0 Å². The van der Waals surface area contributed by atoms with Crippen LogP contribution in [-0.2, 0) is 30.2 Å². The number of morpholine rings is 1. The van der Waals surface area contributed by atoms with Gasteiger partial charge in [0.05, 0.1) is 58.0 Å². The van der Waals surface area contributed by atoms with Crippen molar-refractivity contribution < 1.29 is 28.8 Å². The Hall–Kier alpha value is -3.66. The molecule has 17 heteroatoms. The predicted octanol–water partition coefficient (Wildman–Crippen LogP) is -1.05. The van der Waals surface area contributed by atoms with Crippen LogP contribution in [0.25, 0.3) is 0 Å². The van der Waals surface area contributed by atoms with Gasteiger partial charge in [0.1, 0.15) is 6.61 Å². The maximum Gasteiger partial charge on any atom is 0.250 e. The Labute approximate surface area is 276 Å². The van der Waals surface area contributed by atoms with Gasteiger partial charge in [-0.3, -0.25) is 4.79 Å². The number of hydrogen-bond donors (Lipinski definition) is 3. The summed E-state index contributed by atoms with van der Waals surface area (Å²) in [6, 6.07) is -0.861. The summed E-state index contributed by atoms with van der Waals surface area (Å²) in [6.45, 7) is 9.71. The Morgan fingerprint density at radius 2 is 1.66 bits per heavy atom. The first-order valence-corrected chi connectivity index (χ1v) is 16.3. The van der Waals surface area contributed by atoms with Crippen molar-refractivity contribution in [2.24, 2.45) is 5.73 Å². The number of nitrogens with two attached hydrogens (primary N) is 1. The maximum atomic E-state index is 13.6. The van der Waals surface area contributed by atoms with Crippen molar-refractivity contribution in [3.8, 4) is 12.3 Å². The molecule has 0 saturated carbocycles. The average molecular weight is 660 g/mol. The van der Waals surface area contributed by atoms with Gasteiger partial charge in [0.15, 0.2) is 6.04 Å². The molecule has 2 fully saturated rings. The molecule has 0 aromatic carbocycles. The second kappa shape index (κ2) is 19.9. The molecule has 4 N–H and O–H groups in total. The zero-order valence-electron chi connectivity index (χ0n) is 27.3. The van der Waals surface area contributed by atoms with Crippen LogP contribution in [0.2, 0.25) is 0 Å². The number of aliphatic hydroxyl groups is 1. The van der Waals surface area contributed by atoms with Gasteiger partial charge in [-0.25, -0.2) is 4.68 Å². The normalized spacial score (nSPS) is 16.6. The summed E-state index contributed by atoms with van der Waals surface area (Å²) in [5.41, 5.74) is 6.37. The van der Waals surface area contributed by atoms with Gasteiger partial charge < -0.3 is 49.8 Å². The number of unbranched alkanes of at least 4 members (excludes halogenated alkanes) is 1. The fourth-order valence-electron chi connectivity index (χ4n) is 5.15. The van der Waals surface area contributed by atoms with Gasteiger partial charge in [0, 0.05) is 52.0 Å². The number of carbonyl (C=O) groups excluding carboxylic acids is 1. The number of aliphatic hydroxyl groups excluding tert-OH is 1. The summed E-state index contributed by atoms with van der Waals surface area (Å²) in [7, 11) is 0. The lowest BCUT2D eigenvalue weighted by Crippen LogP contribution is -2.52. The van der Waals surface area contributed by atoms with Gasteiger partial charge in [-0.15, -0.1) is 11.5 Å². The molecule has 2 aromatic rings. The Kier molecular flexibility index (Phi) is 15.3. The van der Waals surface area contributed by atoms with E-state index in [4.69, 9.17) is 41.1 Å². The molecular formula is C30H49N11O6. The number of aromatic nitrogens is 6. The quantitative estimate of drug-likeness (QED) is 0.115. The van der Waals surface area contributed by atoms with Crippen molar-refractivity contribution in [3.63, 3.8) is 0 Å². The topological polar surface area (TPSA) is 191 Å². The molecule has 47 heavy (non-hydrogen) atoms. The number of hydrogen-bond acceptors (Lipinski definition) is 15. The molecule has 2 aromatic heterocycles. The number of nitrogens with zero attached hydrogens (tertiary/aromatic N) is 9. The summed E-state index contributed by atoms with van der Waals surface area (Å²) in [5.74, 6) is 3.76. The molecule has 2 saturated heterocycles. The van der Waals surface area contributed by atoms with Gasteiger partial charge in [-0.2, -0.15) is 15.0 Å². The molecule has 0 aliphatic carbocycles. The van der Waals surface area contributed by atoms with Crippen LogP contribution in [0.1, 0.15) is 31.5 Å². The van der Waals surface area contributed by atoms with Gasteiger partial charge in [-0.1, -0.05) is 11.1 Å². The number of ether oxygens (including phenoxy) is 4. The van der Waals surface area contributed by atoms with Crippen LogP contribution in [0, 0.1) is 12.3 Å². The molecule has 4 heterocycles. The highest BCUT2D eigenvalue weighted by Crippen LogP contribution is 2.21. The zero-order valence-corrected chi connectivity index (χ0v) is 27.3. The lowest BCUT2D eigenvalue weighted by atomic mass is 10.1. The third-order valence-corrected chi connectivity index (χ3v) is 7.68. The molecule has 260 valence electrons. The molecular weight excluding hydrogens is 610 g/mol. The second-order valence-electron chi connectivity index (χ2n) is 11.2. The van der Waals surface area contributed by atoms with Crippen LogP contribution in [-0.4, -0.2) is 157 Å². The van der Waals surface area contributed by atoms with Crippen molar-refractivity contribution in [1.29, 1.82) is 0 Å². The van der Waals surface area contributed by atoms with Crippen molar-refractivity contribution in [2.75, 3.05) is 120 Å². The highest BCUT2D eigenvalue weighted by Gasteiger charge is 2.33. The first-order valence-electron chi connectivity index (χ1n) is 16.3. The minimum atomic E-state index is -0.942. The molecule has 1 amide bonds. The summed E-state index contributed by atoms with van der Waals surface area (Å²) in [6.07, 6.45) is 8.44. The average Bonchev–Trinajstić information content (AvgIpc) is 3.55. The number of carbonyl (C=O) groups is 1. The van der Waals surface area contributed by atoms with E-state index in [9.17, 15) is 9.90 Å². The highest BCUT2D eigenvalue weighted by molar-refractivity contribution is 5.81. The van der Waals surface area contributed by atoms with Crippen LogP contribution < -0.4 is 20.9 Å². The Balaban J connectivity index is 1.31. The van der Waals surface area contributed by atoms with E-state index < -0.39 is 12.1 Å². The van der Waals surface area contributed by atoms with Crippen LogP contribution in [0.5, 0.6) is 0 Å². The first-order chi connectivity index (χ1) is 23.0. The summed E-state index contributed by atoms with van der Waals surface area (Å²) >= 11 is 0. The van der Waals surface area contributed by atoms with E-state index in [0.29, 0.717) is 116 Å². The van der Waals surface area contributed by atoms with Gasteiger partial charge in [0.2, 0.25) is 23.8 Å². The molecule has 2 atom stereocenters. The van der Waals surface area contributed by atoms with Gasteiger partial charge in [0.25, 0.3) is 0 Å². The summed E-state index contributed by atoms with van der Waals surface area (Å²) in [5, 5.41) is 22.2. The maximum absolute atomic E-state index is 13.6. The molecule has 0 unspecified atom stereocenters. The fraction of sp³-hybridized carbons (Fsp3) is 0.733. The summed E-state index contributed by atoms with van der Waals surface area (Å²) < 4.78 is 23.3. The number of nitrogens with one attached hydrogen (secondary N) is 1. The molecule has 0 radical (unpaired) electrons. The van der Waals surface area contributed by atoms with E-state index in [2.05, 4.69) is 31.4 Å². The summed E-state index contributed by atoms with van der Waals surface area (Å²) in [4.78, 5) is 33.6. The Morgan fingerprint density at radius 3 is 2.32 bits per heavy atom. The number of aryl methyl sites for hydroxylation is 1. The third-order valence-electron chi connectivity index (χ3n) is 7.68. The monoisotopic (exact) mass is 659 g/mol. The fourth-order valence-corrected chi connectivity index (χ4v) is 5.15. The molecule has 0 bridgehead atoms. The van der Waals surface area contributed by atoms with E-state index in [1.54, 1.807) is 18.0 Å². The second-order valence-corrected chi connectivity index (χ2v) is 11.2. The number of rotatable bonds is 20. The smallest absolute Gasteiger partial charge is 0.250 e. The number of anilines is 3. The van der Waals surface area contributed by atoms with Crippen molar-refractivity contribution in [3.05, 3.63) is 11.9 Å². The minimum absolute atomic E-state index is 0.201. The lowest BCUT2D eigenvalue weighted by Gasteiger charge is -2.37. The minimum Gasteiger partial charge on any atom is -0.391 e. The van der Waals surface area contributed by atoms with Crippen molar-refractivity contribution >= 4 is 23.8 Å². The Morgan fingerprint density at radius 1 is 1.00 bits per heavy atom. The van der Waals surface area contributed by atoms with E-state index in [1.807, 2.05) is 4.90 Å². The standard InChI is InChI=1S/C30H49N11O6/c1-3-15-44-19-21-47-22-20-45-16-8-32-28-33-29(35-30(34-28)40-13-17-46-18-14-40)39-11-9-38(10-12-39)27(43)26(24(2)42)41-23-25(36-37-41)6-4-5-7-31/h1,23-24,26,42H,4-22,31H2,2H3,(H,32,33,34,35)/t24-,26+/m1/s1. The van der Waals surface area contributed by atoms with E-state index in [1.165, 1.54) is 4.68 Å². The molecule has 0 spiro atoms. The zero-order chi connectivity index (χ0) is 33.3. The predicted molar refractivity (Wildman–Crippen MR) is 174 cm³/mol. The largest absolute Gasteiger partial charge is 0.391 e. The highest BCUT2D eigenvalue weighted by atomic mass is 16.5. The number of terminal acetylenes is 1. The number of piperazine rings is 1. The Bertz CT molecular complexity index is 1250. The molecule has 4 rings (SSSR count). The van der Waals surface area contributed by atoms with E-state index in [-0.39, 0.29) is 12.5 Å². The van der Waals surface area contributed by atoms with Crippen LogP contribution in [0.15, 0.2) is 6.20 Å². The lowest BCUT2D eigenvalue weighted by molar-refractivity contribution is -0.138. The van der Waals surface area contributed by atoms with E-state index in [0.717, 1.165) is 25.0 Å². The third kappa shape index (κ3) is 11.5. The van der Waals surface area contributed by atoms with Crippen LogP contribution in [0.4, 0.5) is 17.8 Å². The molecule has 17 nitrogen and oxygen atoms in total. The van der Waals surface area contributed by atoms with E-state index >= 15 is 0 Å². The SMILES string of the molecule is C#CCOCCOCCOCCNc1nc(N2CCOCC2)nc(N2CCN(C(=O)[C@H]([C@@H](C)O)n3cc(CCCCN)nn3)CC2)n1. The molecule has 2 aliphatic heterocycles. The van der Waals surface area contributed by atoms with Crippen molar-refractivity contribution in [1.82, 2.24) is 34.8 Å². The number of amides is 1.